The lowest BCUT2D eigenvalue weighted by atomic mass is 10.2. The van der Waals surface area contributed by atoms with Crippen LogP contribution in [0.2, 0.25) is 0 Å². The molecule has 2 aromatic rings. The molecule has 0 aromatic carbocycles. The molecule has 7 nitrogen and oxygen atoms in total. The van der Waals surface area contributed by atoms with Crippen molar-refractivity contribution >= 4 is 11.9 Å². The zero-order chi connectivity index (χ0) is 13.3. The van der Waals surface area contributed by atoms with E-state index >= 15 is 0 Å². The second-order valence-corrected chi connectivity index (χ2v) is 3.67. The third-order valence-corrected chi connectivity index (χ3v) is 2.26. The Morgan fingerprint density at radius 2 is 2.11 bits per heavy atom. The quantitative estimate of drug-likeness (QED) is 0.812. The average molecular weight is 246 g/mol. The fraction of sp³-hybridized carbons (Fsp3) is 0.0909. The molecule has 0 saturated carbocycles. The van der Waals surface area contributed by atoms with Crippen molar-refractivity contribution in [1.82, 2.24) is 14.8 Å². The lowest BCUT2D eigenvalue weighted by Crippen LogP contribution is -2.12. The van der Waals surface area contributed by atoms with Gasteiger partial charge in [-0.2, -0.15) is 5.10 Å². The number of nitrogens with zero attached hydrogens (tertiary/aromatic N) is 3. The highest BCUT2D eigenvalue weighted by Gasteiger charge is 2.10. The van der Waals surface area contributed by atoms with Crippen LogP contribution < -0.4 is 5.73 Å². The first-order valence-electron chi connectivity index (χ1n) is 5.05. The fourth-order valence-electron chi connectivity index (χ4n) is 1.47. The lowest BCUT2D eigenvalue weighted by Gasteiger charge is -2.03. The maximum atomic E-state index is 10.9. The summed E-state index contributed by atoms with van der Waals surface area (Å²) in [6.07, 6.45) is 1.49. The highest BCUT2D eigenvalue weighted by molar-refractivity contribution is 5.90. The van der Waals surface area contributed by atoms with Gasteiger partial charge in [0.2, 0.25) is 0 Å². The Kier molecular flexibility index (Phi) is 2.80. The number of hydrogen-bond acceptors (Lipinski definition) is 4. The van der Waals surface area contributed by atoms with Crippen LogP contribution in [0.25, 0.3) is 5.82 Å². The van der Waals surface area contributed by atoms with Crippen LogP contribution in [-0.2, 0) is 0 Å². The first-order chi connectivity index (χ1) is 8.47. The van der Waals surface area contributed by atoms with Crippen LogP contribution in [0.4, 0.5) is 0 Å². The first kappa shape index (κ1) is 11.8. The Labute approximate surface area is 102 Å². The van der Waals surface area contributed by atoms with Crippen molar-refractivity contribution in [2.24, 2.45) is 5.73 Å². The van der Waals surface area contributed by atoms with E-state index in [0.29, 0.717) is 11.5 Å². The molecule has 7 heteroatoms. The predicted octanol–water partition coefficient (Wildman–Crippen LogP) is 0.373. The molecule has 0 fully saturated rings. The van der Waals surface area contributed by atoms with E-state index in [-0.39, 0.29) is 11.3 Å². The number of rotatable bonds is 3. The second-order valence-electron chi connectivity index (χ2n) is 3.67. The van der Waals surface area contributed by atoms with Gasteiger partial charge in [0, 0.05) is 11.9 Å². The molecule has 0 aliphatic rings. The van der Waals surface area contributed by atoms with Crippen LogP contribution >= 0.6 is 0 Å². The molecule has 2 aromatic heterocycles. The molecular formula is C11H10N4O3. The second kappa shape index (κ2) is 4.28. The van der Waals surface area contributed by atoms with Gasteiger partial charge in [0.05, 0.1) is 5.56 Å². The smallest absolute Gasteiger partial charge is 0.335 e. The Morgan fingerprint density at radius 1 is 1.39 bits per heavy atom. The van der Waals surface area contributed by atoms with E-state index in [9.17, 15) is 9.59 Å². The maximum absolute atomic E-state index is 10.9. The highest BCUT2D eigenvalue weighted by atomic mass is 16.4. The van der Waals surface area contributed by atoms with Gasteiger partial charge in [0.1, 0.15) is 5.69 Å². The molecule has 0 unspecified atom stereocenters. The van der Waals surface area contributed by atoms with Gasteiger partial charge in [0.25, 0.3) is 5.91 Å². The van der Waals surface area contributed by atoms with Gasteiger partial charge in [-0.05, 0) is 25.1 Å². The van der Waals surface area contributed by atoms with Gasteiger partial charge in [-0.15, -0.1) is 0 Å². The molecule has 2 heterocycles. The number of carboxylic acids is 1. The van der Waals surface area contributed by atoms with Crippen LogP contribution in [0.5, 0.6) is 0 Å². The van der Waals surface area contributed by atoms with Crippen LogP contribution in [-0.4, -0.2) is 31.7 Å². The fourth-order valence-corrected chi connectivity index (χ4v) is 1.47. The summed E-state index contributed by atoms with van der Waals surface area (Å²) in [7, 11) is 0. The van der Waals surface area contributed by atoms with Crippen molar-refractivity contribution in [3.05, 3.63) is 41.3 Å². The minimum Gasteiger partial charge on any atom is -0.478 e. The predicted molar refractivity (Wildman–Crippen MR) is 61.6 cm³/mol. The minimum atomic E-state index is -1.05. The number of aryl methyl sites for hydroxylation is 1. The van der Waals surface area contributed by atoms with Crippen LogP contribution in [0, 0.1) is 6.92 Å². The molecule has 0 saturated heterocycles. The summed E-state index contributed by atoms with van der Waals surface area (Å²) in [4.78, 5) is 26.0. The zero-order valence-corrected chi connectivity index (χ0v) is 9.49. The first-order valence-corrected chi connectivity index (χ1v) is 5.05. The minimum absolute atomic E-state index is 0.0928. The number of amides is 1. The van der Waals surface area contributed by atoms with Crippen molar-refractivity contribution in [2.45, 2.75) is 6.92 Å². The van der Waals surface area contributed by atoms with Crippen molar-refractivity contribution in [3.8, 4) is 5.82 Å². The Balaban J connectivity index is 2.49. The summed E-state index contributed by atoms with van der Waals surface area (Å²) in [5, 5.41) is 12.9. The maximum Gasteiger partial charge on any atom is 0.335 e. The van der Waals surface area contributed by atoms with Crippen LogP contribution in [0.1, 0.15) is 26.5 Å². The monoisotopic (exact) mass is 246 g/mol. The van der Waals surface area contributed by atoms with E-state index in [1.807, 2.05) is 0 Å². The largest absolute Gasteiger partial charge is 0.478 e. The standard InChI is InChI=1S/C11H10N4O3/c1-6-4-7(11(17)18)5-9(13-6)15-3-2-8(14-15)10(12)16/h2-5H,1H3,(H2,12,16)(H,17,18). The summed E-state index contributed by atoms with van der Waals surface area (Å²) < 4.78 is 1.31. The van der Waals surface area contributed by atoms with Gasteiger partial charge in [-0.1, -0.05) is 0 Å². The summed E-state index contributed by atoms with van der Waals surface area (Å²) >= 11 is 0. The van der Waals surface area contributed by atoms with Crippen molar-refractivity contribution in [3.63, 3.8) is 0 Å². The number of pyridine rings is 1. The number of nitrogens with two attached hydrogens (primary N) is 1. The molecule has 0 aliphatic carbocycles. The van der Waals surface area contributed by atoms with Crippen molar-refractivity contribution in [1.29, 1.82) is 0 Å². The molecule has 1 amide bonds. The molecule has 0 bridgehead atoms. The van der Waals surface area contributed by atoms with E-state index in [1.165, 1.54) is 29.1 Å². The summed E-state index contributed by atoms with van der Waals surface area (Å²) in [6, 6.07) is 4.25. The van der Waals surface area contributed by atoms with Gasteiger partial charge >= 0.3 is 5.97 Å². The molecule has 2 rings (SSSR count). The molecule has 0 radical (unpaired) electrons. The highest BCUT2D eigenvalue weighted by Crippen LogP contribution is 2.10. The third kappa shape index (κ3) is 2.19. The lowest BCUT2D eigenvalue weighted by molar-refractivity contribution is 0.0696. The number of carbonyl (C=O) groups excluding carboxylic acids is 1. The SMILES string of the molecule is Cc1cc(C(=O)O)cc(-n2ccc(C(N)=O)n2)n1. The molecule has 0 aliphatic heterocycles. The van der Waals surface area contributed by atoms with Gasteiger partial charge in [-0.25, -0.2) is 14.5 Å². The Morgan fingerprint density at radius 3 is 2.67 bits per heavy atom. The molecule has 0 atom stereocenters. The number of primary amides is 1. The van der Waals surface area contributed by atoms with E-state index < -0.39 is 11.9 Å². The van der Waals surface area contributed by atoms with E-state index in [4.69, 9.17) is 10.8 Å². The van der Waals surface area contributed by atoms with Gasteiger partial charge in [0.15, 0.2) is 5.82 Å². The molecular weight excluding hydrogens is 236 g/mol. The third-order valence-electron chi connectivity index (χ3n) is 2.26. The summed E-state index contributed by atoms with van der Waals surface area (Å²) in [5.41, 5.74) is 5.82. The van der Waals surface area contributed by atoms with Crippen molar-refractivity contribution < 1.29 is 14.7 Å². The number of hydrogen-bond donors (Lipinski definition) is 2. The van der Waals surface area contributed by atoms with E-state index in [1.54, 1.807) is 6.92 Å². The number of aromatic carboxylic acids is 1. The number of carbonyl (C=O) groups is 2. The average Bonchev–Trinajstić information content (AvgIpc) is 2.77. The van der Waals surface area contributed by atoms with Crippen LogP contribution in [0.15, 0.2) is 24.4 Å². The topological polar surface area (TPSA) is 111 Å². The van der Waals surface area contributed by atoms with E-state index in [0.717, 1.165) is 0 Å². The Hall–Kier alpha value is -2.70. The van der Waals surface area contributed by atoms with Crippen LogP contribution in [0.3, 0.4) is 0 Å². The van der Waals surface area contributed by atoms with Crippen molar-refractivity contribution in [2.75, 3.05) is 0 Å². The van der Waals surface area contributed by atoms with Gasteiger partial charge in [-0.3, -0.25) is 4.79 Å². The van der Waals surface area contributed by atoms with Gasteiger partial charge < -0.3 is 10.8 Å². The summed E-state index contributed by atoms with van der Waals surface area (Å²) in [5.74, 6) is -1.39. The zero-order valence-electron chi connectivity index (χ0n) is 9.49. The molecule has 18 heavy (non-hydrogen) atoms. The van der Waals surface area contributed by atoms with E-state index in [2.05, 4.69) is 10.1 Å². The molecule has 92 valence electrons. The molecule has 0 spiro atoms. The Bertz CT molecular complexity index is 633. The number of aromatic nitrogens is 3. The molecule has 3 N–H and O–H groups in total. The normalized spacial score (nSPS) is 10.3. The summed E-state index contributed by atoms with van der Waals surface area (Å²) in [6.45, 7) is 1.68. The number of carboxylic acid groups (broad SMARTS) is 1.